The Balaban J connectivity index is 1.93. The molecule has 3 N–H and O–H groups in total. The molecule has 0 saturated carbocycles. The van der Waals surface area contributed by atoms with Crippen molar-refractivity contribution in [1.29, 1.82) is 0 Å². The number of amides is 1. The van der Waals surface area contributed by atoms with Crippen LogP contribution in [0, 0.1) is 0 Å². The quantitative estimate of drug-likeness (QED) is 0.418. The highest BCUT2D eigenvalue weighted by molar-refractivity contribution is 5.79. The van der Waals surface area contributed by atoms with Crippen LogP contribution in [-0.2, 0) is 17.9 Å². The fourth-order valence-electron chi connectivity index (χ4n) is 2.50. The highest BCUT2D eigenvalue weighted by Crippen LogP contribution is 2.15. The topological polar surface area (TPSA) is 101 Å². The number of carbonyl (C=O) groups excluding carboxylic acids is 1. The molecule has 29 heavy (non-hydrogen) atoms. The van der Waals surface area contributed by atoms with E-state index in [0.717, 1.165) is 23.6 Å². The normalized spacial score (nSPS) is 11.4. The number of hydrogen-bond acceptors (Lipinski definition) is 5. The molecule has 8 heteroatoms. The largest absolute Gasteiger partial charge is 0.484 e. The molecule has 1 aromatic carbocycles. The van der Waals surface area contributed by atoms with Gasteiger partial charge in [-0.05, 0) is 37.5 Å². The van der Waals surface area contributed by atoms with E-state index in [0.29, 0.717) is 37.3 Å². The maximum atomic E-state index is 11.5. The summed E-state index contributed by atoms with van der Waals surface area (Å²) in [6.45, 7) is 10.3. The zero-order chi connectivity index (χ0) is 21.1. The van der Waals surface area contributed by atoms with Crippen LogP contribution in [0.25, 0.3) is 0 Å². The highest BCUT2D eigenvalue weighted by Gasteiger charge is 2.08. The first-order chi connectivity index (χ1) is 14.0. The molecule has 0 aliphatic heterocycles. The molecule has 1 aromatic heterocycles. The maximum Gasteiger partial charge on any atom is 0.257 e. The summed E-state index contributed by atoms with van der Waals surface area (Å²) in [6.07, 6.45) is 0. The Bertz CT molecular complexity index is 801. The molecule has 2 rings (SSSR count). The third-order valence-corrected chi connectivity index (χ3v) is 4.01. The first kappa shape index (κ1) is 22.3. The molecule has 0 atom stereocenters. The van der Waals surface area contributed by atoms with E-state index >= 15 is 0 Å². The number of aliphatic imine (C=N–C) groups is 1. The number of likely N-dealkylation sites (N-methyl/N-ethyl adjacent to an activating group) is 1. The smallest absolute Gasteiger partial charge is 0.257 e. The summed E-state index contributed by atoms with van der Waals surface area (Å²) < 4.78 is 10.9. The molecule has 2 aromatic rings. The van der Waals surface area contributed by atoms with Crippen LogP contribution in [0.1, 0.15) is 50.6 Å². The number of nitrogens with zero attached hydrogens (tertiary/aromatic N) is 2. The fraction of sp³-hybridized carbons (Fsp3) is 0.476. The van der Waals surface area contributed by atoms with Crippen molar-refractivity contribution in [3.05, 3.63) is 47.3 Å². The van der Waals surface area contributed by atoms with Gasteiger partial charge in [0, 0.05) is 19.2 Å². The maximum absolute atomic E-state index is 11.5. The molecular formula is C21H31N5O3. The van der Waals surface area contributed by atoms with Gasteiger partial charge in [0.2, 0.25) is 0 Å². The number of hydrogen-bond donors (Lipinski definition) is 3. The second kappa shape index (κ2) is 11.7. The summed E-state index contributed by atoms with van der Waals surface area (Å²) in [7, 11) is 0. The van der Waals surface area contributed by atoms with E-state index in [9.17, 15) is 4.79 Å². The lowest BCUT2D eigenvalue weighted by Gasteiger charge is -2.10. The van der Waals surface area contributed by atoms with Crippen LogP contribution < -0.4 is 20.7 Å². The number of guanidine groups is 1. The van der Waals surface area contributed by atoms with E-state index < -0.39 is 0 Å². The van der Waals surface area contributed by atoms with Crippen LogP contribution >= 0.6 is 0 Å². The zero-order valence-corrected chi connectivity index (χ0v) is 17.6. The molecule has 1 amide bonds. The third kappa shape index (κ3) is 7.85. The average molecular weight is 402 g/mol. The second-order valence-electron chi connectivity index (χ2n) is 6.81. The molecule has 0 fully saturated rings. The Morgan fingerprint density at radius 3 is 2.66 bits per heavy atom. The molecule has 0 bridgehead atoms. The summed E-state index contributed by atoms with van der Waals surface area (Å²) in [5.41, 5.74) is 1.92. The Labute approximate surface area is 172 Å². The number of aromatic nitrogens is 1. The molecule has 1 heterocycles. The van der Waals surface area contributed by atoms with Crippen molar-refractivity contribution in [1.82, 2.24) is 21.1 Å². The number of rotatable bonds is 10. The fourth-order valence-corrected chi connectivity index (χ4v) is 2.50. The minimum Gasteiger partial charge on any atom is -0.484 e. The Kier molecular flexibility index (Phi) is 9.01. The molecule has 0 spiro atoms. The molecule has 158 valence electrons. The summed E-state index contributed by atoms with van der Waals surface area (Å²) >= 11 is 0. The summed E-state index contributed by atoms with van der Waals surface area (Å²) in [6, 6.07) is 9.53. The number of carbonyl (C=O) groups is 1. The van der Waals surface area contributed by atoms with Crippen LogP contribution in [-0.4, -0.2) is 36.7 Å². The van der Waals surface area contributed by atoms with Crippen molar-refractivity contribution >= 4 is 11.9 Å². The summed E-state index contributed by atoms with van der Waals surface area (Å²) in [4.78, 5) is 16.1. The van der Waals surface area contributed by atoms with Gasteiger partial charge < -0.3 is 25.2 Å². The van der Waals surface area contributed by atoms with Crippen LogP contribution in [0.15, 0.2) is 39.8 Å². The van der Waals surface area contributed by atoms with Gasteiger partial charge in [0.05, 0.1) is 18.8 Å². The van der Waals surface area contributed by atoms with E-state index in [2.05, 4.69) is 39.9 Å². The average Bonchev–Trinajstić information content (AvgIpc) is 3.18. The lowest BCUT2D eigenvalue weighted by atomic mass is 10.1. The highest BCUT2D eigenvalue weighted by atomic mass is 16.5. The minimum atomic E-state index is -0.136. The van der Waals surface area contributed by atoms with Crippen molar-refractivity contribution in [2.45, 2.75) is 46.7 Å². The predicted molar refractivity (Wildman–Crippen MR) is 113 cm³/mol. The van der Waals surface area contributed by atoms with Gasteiger partial charge in [0.1, 0.15) is 5.75 Å². The van der Waals surface area contributed by atoms with E-state index in [-0.39, 0.29) is 12.5 Å². The first-order valence-electron chi connectivity index (χ1n) is 9.97. The molecule has 0 aliphatic carbocycles. The van der Waals surface area contributed by atoms with Gasteiger partial charge in [-0.2, -0.15) is 0 Å². The summed E-state index contributed by atoms with van der Waals surface area (Å²) in [5, 5.41) is 13.2. The van der Waals surface area contributed by atoms with Crippen LogP contribution in [0.4, 0.5) is 0 Å². The van der Waals surface area contributed by atoms with Gasteiger partial charge in [0.15, 0.2) is 18.3 Å². The minimum absolute atomic E-state index is 0.000302. The van der Waals surface area contributed by atoms with Gasteiger partial charge in [-0.1, -0.05) is 31.1 Å². The second-order valence-corrected chi connectivity index (χ2v) is 6.81. The number of ether oxygens (including phenoxy) is 1. The van der Waals surface area contributed by atoms with Crippen LogP contribution in [0.3, 0.4) is 0 Å². The first-order valence-corrected chi connectivity index (χ1v) is 9.97. The van der Waals surface area contributed by atoms with E-state index in [1.54, 1.807) is 0 Å². The molecular weight excluding hydrogens is 370 g/mol. The Morgan fingerprint density at radius 1 is 1.17 bits per heavy atom. The third-order valence-electron chi connectivity index (χ3n) is 4.01. The van der Waals surface area contributed by atoms with Gasteiger partial charge in [-0.15, -0.1) is 0 Å². The van der Waals surface area contributed by atoms with Crippen LogP contribution in [0.5, 0.6) is 5.75 Å². The van der Waals surface area contributed by atoms with E-state index in [1.165, 1.54) is 0 Å². The SMILES string of the molecule is CCNC(=O)COc1cccc(CN=C(NCC)NCc2cc(C(C)C)no2)c1. The van der Waals surface area contributed by atoms with Gasteiger partial charge >= 0.3 is 0 Å². The van der Waals surface area contributed by atoms with Crippen LogP contribution in [0.2, 0.25) is 0 Å². The van der Waals surface area contributed by atoms with Gasteiger partial charge in [0.25, 0.3) is 5.91 Å². The molecule has 0 aliphatic rings. The monoisotopic (exact) mass is 401 g/mol. The van der Waals surface area contributed by atoms with Crippen molar-refractivity contribution in [2.24, 2.45) is 4.99 Å². The van der Waals surface area contributed by atoms with Crippen molar-refractivity contribution in [3.8, 4) is 5.75 Å². The molecule has 0 radical (unpaired) electrons. The van der Waals surface area contributed by atoms with E-state index in [4.69, 9.17) is 9.26 Å². The lowest BCUT2D eigenvalue weighted by molar-refractivity contribution is -0.122. The Hall–Kier alpha value is -3.03. The van der Waals surface area contributed by atoms with Crippen molar-refractivity contribution < 1.29 is 14.1 Å². The molecule has 0 saturated heterocycles. The van der Waals surface area contributed by atoms with Gasteiger partial charge in [-0.3, -0.25) is 4.79 Å². The van der Waals surface area contributed by atoms with Crippen molar-refractivity contribution in [2.75, 3.05) is 19.7 Å². The van der Waals surface area contributed by atoms with E-state index in [1.807, 2.05) is 44.2 Å². The lowest BCUT2D eigenvalue weighted by Crippen LogP contribution is -2.36. The predicted octanol–water partition coefficient (Wildman–Crippen LogP) is 2.57. The van der Waals surface area contributed by atoms with Gasteiger partial charge in [-0.25, -0.2) is 4.99 Å². The standard InChI is InChI=1S/C21H31N5O3/c1-5-22-20(27)14-28-17-9-7-8-16(10-17)12-24-21(23-6-2)25-13-18-11-19(15(3)4)26-29-18/h7-11,15H,5-6,12-14H2,1-4H3,(H,22,27)(H2,23,24,25). The van der Waals surface area contributed by atoms with Crippen molar-refractivity contribution in [3.63, 3.8) is 0 Å². The zero-order valence-electron chi connectivity index (χ0n) is 17.6. The number of benzene rings is 1. The number of nitrogens with one attached hydrogen (secondary N) is 3. The summed E-state index contributed by atoms with van der Waals surface area (Å²) in [5.74, 6) is 2.29. The Morgan fingerprint density at radius 2 is 1.97 bits per heavy atom. The molecule has 8 nitrogen and oxygen atoms in total. The molecule has 0 unspecified atom stereocenters.